The van der Waals surface area contributed by atoms with Crippen LogP contribution in [0.25, 0.3) is 0 Å². The third-order valence-corrected chi connectivity index (χ3v) is 5.20. The van der Waals surface area contributed by atoms with E-state index in [1.165, 1.54) is 37.4 Å². The lowest BCUT2D eigenvalue weighted by Gasteiger charge is -2.10. The smallest absolute Gasteiger partial charge is 0.416 e. The Morgan fingerprint density at radius 2 is 1.75 bits per heavy atom. The van der Waals surface area contributed by atoms with Crippen molar-refractivity contribution < 1.29 is 26.3 Å². The van der Waals surface area contributed by atoms with Crippen LogP contribution in [0.1, 0.15) is 11.1 Å². The van der Waals surface area contributed by atoms with Gasteiger partial charge >= 0.3 is 6.18 Å². The van der Waals surface area contributed by atoms with Crippen molar-refractivity contribution in [3.63, 3.8) is 0 Å². The van der Waals surface area contributed by atoms with Crippen molar-refractivity contribution in [2.45, 2.75) is 17.6 Å². The zero-order chi connectivity index (χ0) is 18.0. The van der Waals surface area contributed by atoms with Crippen LogP contribution in [-0.2, 0) is 22.7 Å². The molecule has 0 spiro atoms. The van der Waals surface area contributed by atoms with Crippen molar-refractivity contribution in [2.24, 2.45) is 0 Å². The summed E-state index contributed by atoms with van der Waals surface area (Å²) in [5.74, 6) is 0.483. The topological polar surface area (TPSA) is 55.4 Å². The molecule has 0 bridgehead atoms. The molecule has 2 aromatic rings. The van der Waals surface area contributed by atoms with Crippen LogP contribution in [0.2, 0.25) is 0 Å². The van der Waals surface area contributed by atoms with E-state index in [1.54, 1.807) is 0 Å². The first-order valence-corrected chi connectivity index (χ1v) is 8.90. The number of nitrogens with one attached hydrogen (secondary N) is 1. The van der Waals surface area contributed by atoms with Gasteiger partial charge in [-0.15, -0.1) is 0 Å². The quantitative estimate of drug-likeness (QED) is 0.791. The van der Waals surface area contributed by atoms with Crippen LogP contribution in [0.3, 0.4) is 0 Å². The Kier molecular flexibility index (Phi) is 5.56. The van der Waals surface area contributed by atoms with Gasteiger partial charge in [0.15, 0.2) is 0 Å². The van der Waals surface area contributed by atoms with Gasteiger partial charge in [0, 0.05) is 6.54 Å². The lowest BCUT2D eigenvalue weighted by Crippen LogP contribution is -2.23. The molecule has 2 rings (SSSR count). The SMILES string of the molecule is COc1ccc(S(=O)(=O)NCc2ccc(C(F)(F)F)cc2)cc1Br. The Morgan fingerprint density at radius 3 is 2.25 bits per heavy atom. The van der Waals surface area contributed by atoms with E-state index in [-0.39, 0.29) is 11.4 Å². The summed E-state index contributed by atoms with van der Waals surface area (Å²) < 4.78 is 69.8. The van der Waals surface area contributed by atoms with Gasteiger partial charge in [0.05, 0.1) is 22.0 Å². The number of halogens is 4. The second-order valence-electron chi connectivity index (χ2n) is 4.82. The summed E-state index contributed by atoms with van der Waals surface area (Å²) in [5, 5.41) is 0. The number of methoxy groups -OCH3 is 1. The molecule has 0 aliphatic heterocycles. The van der Waals surface area contributed by atoms with Gasteiger partial charge in [-0.05, 0) is 51.8 Å². The second kappa shape index (κ2) is 7.12. The van der Waals surface area contributed by atoms with Gasteiger partial charge < -0.3 is 4.74 Å². The van der Waals surface area contributed by atoms with Crippen LogP contribution in [0.5, 0.6) is 5.75 Å². The summed E-state index contributed by atoms with van der Waals surface area (Å²) >= 11 is 3.20. The van der Waals surface area contributed by atoms with E-state index in [0.29, 0.717) is 15.8 Å². The van der Waals surface area contributed by atoms with Gasteiger partial charge in [0.25, 0.3) is 0 Å². The average Bonchev–Trinajstić information content (AvgIpc) is 2.52. The minimum absolute atomic E-state index is 0.0158. The predicted molar refractivity (Wildman–Crippen MR) is 86.2 cm³/mol. The van der Waals surface area contributed by atoms with Gasteiger partial charge in [-0.1, -0.05) is 12.1 Å². The summed E-state index contributed by atoms with van der Waals surface area (Å²) in [7, 11) is -2.35. The van der Waals surface area contributed by atoms with E-state index in [9.17, 15) is 21.6 Å². The van der Waals surface area contributed by atoms with Crippen molar-refractivity contribution >= 4 is 26.0 Å². The van der Waals surface area contributed by atoms with E-state index in [4.69, 9.17) is 4.74 Å². The molecule has 0 saturated carbocycles. The highest BCUT2D eigenvalue weighted by Crippen LogP contribution is 2.29. The van der Waals surface area contributed by atoms with E-state index in [2.05, 4.69) is 20.7 Å². The van der Waals surface area contributed by atoms with Crippen molar-refractivity contribution in [2.75, 3.05) is 7.11 Å². The Hall–Kier alpha value is -1.58. The van der Waals surface area contributed by atoms with E-state index in [0.717, 1.165) is 12.1 Å². The molecule has 0 radical (unpaired) electrons. The fraction of sp³-hybridized carbons (Fsp3) is 0.200. The highest BCUT2D eigenvalue weighted by atomic mass is 79.9. The number of rotatable bonds is 5. The number of hydrogen-bond donors (Lipinski definition) is 1. The van der Waals surface area contributed by atoms with E-state index in [1.807, 2.05) is 0 Å². The monoisotopic (exact) mass is 423 g/mol. The Balaban J connectivity index is 2.11. The molecule has 0 amide bonds. The molecule has 1 N–H and O–H groups in total. The molecule has 2 aromatic carbocycles. The highest BCUT2D eigenvalue weighted by molar-refractivity contribution is 9.10. The van der Waals surface area contributed by atoms with Crippen LogP contribution in [0.4, 0.5) is 13.2 Å². The molecule has 0 aliphatic rings. The molecule has 0 saturated heterocycles. The molecule has 0 heterocycles. The van der Waals surface area contributed by atoms with Crippen LogP contribution in [-0.4, -0.2) is 15.5 Å². The average molecular weight is 424 g/mol. The van der Waals surface area contributed by atoms with Crippen LogP contribution >= 0.6 is 15.9 Å². The molecule has 4 nitrogen and oxygen atoms in total. The first-order chi connectivity index (χ1) is 11.1. The van der Waals surface area contributed by atoms with Crippen molar-refractivity contribution in [1.82, 2.24) is 4.72 Å². The van der Waals surface area contributed by atoms with E-state index < -0.39 is 21.8 Å². The summed E-state index contributed by atoms with van der Waals surface area (Å²) in [6.45, 7) is -0.121. The Labute approximate surface area is 145 Å². The van der Waals surface area contributed by atoms with Crippen LogP contribution < -0.4 is 9.46 Å². The third-order valence-electron chi connectivity index (χ3n) is 3.18. The largest absolute Gasteiger partial charge is 0.496 e. The molecule has 9 heteroatoms. The molecular weight excluding hydrogens is 411 g/mol. The molecule has 130 valence electrons. The fourth-order valence-corrected chi connectivity index (χ4v) is 3.62. The zero-order valence-corrected chi connectivity index (χ0v) is 14.8. The Bertz CT molecular complexity index is 821. The zero-order valence-electron chi connectivity index (χ0n) is 12.4. The molecule has 0 unspecified atom stereocenters. The first-order valence-electron chi connectivity index (χ1n) is 6.63. The molecule has 0 fully saturated rings. The minimum Gasteiger partial charge on any atom is -0.496 e. The second-order valence-corrected chi connectivity index (χ2v) is 7.44. The number of alkyl halides is 3. The maximum absolute atomic E-state index is 12.5. The van der Waals surface area contributed by atoms with Gasteiger partial charge in [-0.3, -0.25) is 0 Å². The van der Waals surface area contributed by atoms with Crippen molar-refractivity contribution in [3.05, 3.63) is 58.1 Å². The number of sulfonamides is 1. The van der Waals surface area contributed by atoms with Crippen molar-refractivity contribution in [3.8, 4) is 5.75 Å². The number of ether oxygens (including phenoxy) is 1. The summed E-state index contributed by atoms with van der Waals surface area (Å²) in [4.78, 5) is 0.0158. The molecule has 0 atom stereocenters. The number of hydrogen-bond acceptors (Lipinski definition) is 3. The van der Waals surface area contributed by atoms with Crippen molar-refractivity contribution in [1.29, 1.82) is 0 Å². The van der Waals surface area contributed by atoms with Gasteiger partial charge in [0.1, 0.15) is 5.75 Å². The van der Waals surface area contributed by atoms with Gasteiger partial charge in [-0.25, -0.2) is 13.1 Å². The summed E-state index contributed by atoms with van der Waals surface area (Å²) in [5.41, 5.74) is -0.368. The van der Waals surface area contributed by atoms with E-state index >= 15 is 0 Å². The summed E-state index contributed by atoms with van der Waals surface area (Å²) in [6, 6.07) is 8.54. The predicted octanol–water partition coefficient (Wildman–Crippen LogP) is 3.96. The molecular formula is C15H13BrF3NO3S. The highest BCUT2D eigenvalue weighted by Gasteiger charge is 2.29. The first kappa shape index (κ1) is 18.8. The standard InChI is InChI=1S/C15H13BrF3NO3S/c1-23-14-7-6-12(8-13(14)16)24(21,22)20-9-10-2-4-11(5-3-10)15(17,18)19/h2-8,20H,9H2,1H3. The van der Waals surface area contributed by atoms with Crippen LogP contribution in [0.15, 0.2) is 51.8 Å². The normalized spacial score (nSPS) is 12.2. The molecule has 0 aliphatic carbocycles. The maximum atomic E-state index is 12.5. The number of benzene rings is 2. The lowest BCUT2D eigenvalue weighted by molar-refractivity contribution is -0.137. The third kappa shape index (κ3) is 4.49. The molecule has 24 heavy (non-hydrogen) atoms. The lowest BCUT2D eigenvalue weighted by atomic mass is 10.1. The fourth-order valence-electron chi connectivity index (χ4n) is 1.89. The van der Waals surface area contributed by atoms with Gasteiger partial charge in [-0.2, -0.15) is 13.2 Å². The van der Waals surface area contributed by atoms with Crippen LogP contribution in [0, 0.1) is 0 Å². The van der Waals surface area contributed by atoms with Gasteiger partial charge in [0.2, 0.25) is 10.0 Å². The summed E-state index contributed by atoms with van der Waals surface area (Å²) in [6.07, 6.45) is -4.42. The minimum atomic E-state index is -4.42. The molecule has 0 aromatic heterocycles. The Morgan fingerprint density at radius 1 is 1.12 bits per heavy atom. The maximum Gasteiger partial charge on any atom is 0.416 e.